The quantitative estimate of drug-likeness (QED) is 0.445. The fourth-order valence-electron chi connectivity index (χ4n) is 2.20. The number of guanidine groups is 1. The number of hydrogen-bond acceptors (Lipinski definition) is 3. The maximum Gasteiger partial charge on any atom is 0.214 e. The molecule has 2 aromatic rings. The number of rotatable bonds is 6. The standard InChI is InChI=1S/C17H22BrFN4O/c1-11-12(2)24-16(23-11)10-22-17(20-3)21-8-4-5-13-6-7-14(18)9-15(13)19/h6-7,9H,4-5,8,10H2,1-3H3,(H2,20,21,22). The van der Waals surface area contributed by atoms with Crippen molar-refractivity contribution in [1.29, 1.82) is 0 Å². The molecule has 2 N–H and O–H groups in total. The molecule has 0 aliphatic heterocycles. The van der Waals surface area contributed by atoms with Gasteiger partial charge in [-0.3, -0.25) is 4.99 Å². The van der Waals surface area contributed by atoms with Gasteiger partial charge in [-0.05, 0) is 44.4 Å². The van der Waals surface area contributed by atoms with Crippen molar-refractivity contribution >= 4 is 21.9 Å². The van der Waals surface area contributed by atoms with Crippen LogP contribution in [0.5, 0.6) is 0 Å². The van der Waals surface area contributed by atoms with Gasteiger partial charge in [0, 0.05) is 18.1 Å². The molecule has 0 aliphatic carbocycles. The second kappa shape index (κ2) is 8.82. The Morgan fingerprint density at radius 3 is 2.75 bits per heavy atom. The molecule has 5 nitrogen and oxygen atoms in total. The molecule has 0 saturated heterocycles. The third-order valence-electron chi connectivity index (χ3n) is 3.63. The summed E-state index contributed by atoms with van der Waals surface area (Å²) in [4.78, 5) is 8.46. The Labute approximate surface area is 149 Å². The summed E-state index contributed by atoms with van der Waals surface area (Å²) in [6.07, 6.45) is 1.47. The SMILES string of the molecule is CN=C(NCCCc1ccc(Br)cc1F)NCc1nc(C)c(C)o1. The molecule has 0 radical (unpaired) electrons. The van der Waals surface area contributed by atoms with Gasteiger partial charge in [0.1, 0.15) is 11.6 Å². The van der Waals surface area contributed by atoms with Crippen molar-refractivity contribution in [3.8, 4) is 0 Å². The van der Waals surface area contributed by atoms with E-state index in [-0.39, 0.29) is 5.82 Å². The van der Waals surface area contributed by atoms with Gasteiger partial charge in [-0.1, -0.05) is 22.0 Å². The molecule has 0 spiro atoms. The number of aryl methyl sites for hydroxylation is 3. The summed E-state index contributed by atoms with van der Waals surface area (Å²) in [5.41, 5.74) is 1.61. The van der Waals surface area contributed by atoms with Crippen LogP contribution in [-0.2, 0) is 13.0 Å². The van der Waals surface area contributed by atoms with Gasteiger partial charge in [0.25, 0.3) is 0 Å². The van der Waals surface area contributed by atoms with E-state index in [1.807, 2.05) is 19.9 Å². The minimum Gasteiger partial charge on any atom is -0.444 e. The summed E-state index contributed by atoms with van der Waals surface area (Å²) >= 11 is 3.26. The van der Waals surface area contributed by atoms with Crippen molar-refractivity contribution < 1.29 is 8.81 Å². The molecule has 1 heterocycles. The number of aliphatic imine (C=N–C) groups is 1. The monoisotopic (exact) mass is 396 g/mol. The van der Waals surface area contributed by atoms with E-state index in [9.17, 15) is 4.39 Å². The lowest BCUT2D eigenvalue weighted by molar-refractivity contribution is 0.463. The Morgan fingerprint density at radius 2 is 2.12 bits per heavy atom. The summed E-state index contributed by atoms with van der Waals surface area (Å²) in [6, 6.07) is 5.15. The van der Waals surface area contributed by atoms with Crippen LogP contribution in [-0.4, -0.2) is 24.5 Å². The molecule has 0 fully saturated rings. The highest BCUT2D eigenvalue weighted by Crippen LogP contribution is 2.16. The van der Waals surface area contributed by atoms with Crippen LogP contribution in [0.1, 0.15) is 29.3 Å². The fourth-order valence-corrected chi connectivity index (χ4v) is 2.54. The molecular formula is C17H22BrFN4O. The molecular weight excluding hydrogens is 375 g/mol. The molecule has 0 unspecified atom stereocenters. The van der Waals surface area contributed by atoms with Gasteiger partial charge in [-0.25, -0.2) is 9.37 Å². The molecule has 130 valence electrons. The average Bonchev–Trinajstić information content (AvgIpc) is 2.86. The van der Waals surface area contributed by atoms with Crippen molar-refractivity contribution in [3.63, 3.8) is 0 Å². The Balaban J connectivity index is 1.73. The summed E-state index contributed by atoms with van der Waals surface area (Å²) < 4.78 is 20.0. The number of oxazole rings is 1. The van der Waals surface area contributed by atoms with E-state index in [4.69, 9.17) is 4.42 Å². The first-order valence-electron chi connectivity index (χ1n) is 7.81. The normalized spacial score (nSPS) is 11.6. The lowest BCUT2D eigenvalue weighted by Crippen LogP contribution is -2.37. The van der Waals surface area contributed by atoms with Crippen molar-refractivity contribution in [3.05, 3.63) is 51.4 Å². The molecule has 0 amide bonds. The van der Waals surface area contributed by atoms with Crippen molar-refractivity contribution in [1.82, 2.24) is 15.6 Å². The Kier molecular flexibility index (Phi) is 6.78. The number of halogens is 2. The summed E-state index contributed by atoms with van der Waals surface area (Å²) in [5.74, 6) is 1.94. The zero-order valence-corrected chi connectivity index (χ0v) is 15.7. The van der Waals surface area contributed by atoms with E-state index in [1.165, 1.54) is 6.07 Å². The predicted octanol–water partition coefficient (Wildman–Crippen LogP) is 3.49. The molecule has 0 bridgehead atoms. The van der Waals surface area contributed by atoms with E-state index in [1.54, 1.807) is 13.1 Å². The van der Waals surface area contributed by atoms with E-state index < -0.39 is 0 Å². The molecule has 0 saturated carbocycles. The second-order valence-electron chi connectivity index (χ2n) is 5.44. The second-order valence-corrected chi connectivity index (χ2v) is 6.36. The topological polar surface area (TPSA) is 62.5 Å². The van der Waals surface area contributed by atoms with Crippen LogP contribution in [0.4, 0.5) is 4.39 Å². The number of nitrogens with one attached hydrogen (secondary N) is 2. The van der Waals surface area contributed by atoms with Gasteiger partial charge in [-0.15, -0.1) is 0 Å². The molecule has 0 atom stereocenters. The predicted molar refractivity (Wildman–Crippen MR) is 96.6 cm³/mol. The molecule has 0 aliphatic rings. The van der Waals surface area contributed by atoms with Gasteiger partial charge in [-0.2, -0.15) is 0 Å². The largest absolute Gasteiger partial charge is 0.444 e. The maximum atomic E-state index is 13.7. The van der Waals surface area contributed by atoms with Crippen molar-refractivity contribution in [2.75, 3.05) is 13.6 Å². The average molecular weight is 397 g/mol. The van der Waals surface area contributed by atoms with Crippen LogP contribution in [0.2, 0.25) is 0 Å². The smallest absolute Gasteiger partial charge is 0.214 e. The Morgan fingerprint density at radius 1 is 1.33 bits per heavy atom. The zero-order chi connectivity index (χ0) is 17.5. The number of aromatic nitrogens is 1. The Hall–Kier alpha value is -1.89. The lowest BCUT2D eigenvalue weighted by Gasteiger charge is -2.10. The van der Waals surface area contributed by atoms with Crippen LogP contribution >= 0.6 is 15.9 Å². The van der Waals surface area contributed by atoms with Crippen LogP contribution < -0.4 is 10.6 Å². The minimum atomic E-state index is -0.179. The first-order chi connectivity index (χ1) is 11.5. The van der Waals surface area contributed by atoms with Gasteiger partial charge in [0.05, 0.1) is 12.2 Å². The first kappa shape index (κ1) is 18.4. The zero-order valence-electron chi connectivity index (χ0n) is 14.1. The molecule has 7 heteroatoms. The molecule has 2 rings (SSSR count). The molecule has 1 aromatic heterocycles. The molecule has 24 heavy (non-hydrogen) atoms. The lowest BCUT2D eigenvalue weighted by atomic mass is 10.1. The van der Waals surface area contributed by atoms with E-state index in [0.717, 1.165) is 22.3 Å². The fraction of sp³-hybridized carbons (Fsp3) is 0.412. The van der Waals surface area contributed by atoms with Crippen molar-refractivity contribution in [2.24, 2.45) is 4.99 Å². The van der Waals surface area contributed by atoms with Gasteiger partial charge < -0.3 is 15.1 Å². The van der Waals surface area contributed by atoms with Crippen LogP contribution in [0.25, 0.3) is 0 Å². The van der Waals surface area contributed by atoms with Gasteiger partial charge in [0.15, 0.2) is 5.96 Å². The summed E-state index contributed by atoms with van der Waals surface area (Å²) in [7, 11) is 1.70. The summed E-state index contributed by atoms with van der Waals surface area (Å²) in [5, 5.41) is 6.35. The van der Waals surface area contributed by atoms with Crippen LogP contribution in [0.3, 0.4) is 0 Å². The number of hydrogen-bond donors (Lipinski definition) is 2. The van der Waals surface area contributed by atoms with E-state index in [2.05, 4.69) is 36.5 Å². The van der Waals surface area contributed by atoms with Crippen LogP contribution in [0.15, 0.2) is 32.1 Å². The van der Waals surface area contributed by atoms with Gasteiger partial charge in [0.2, 0.25) is 5.89 Å². The number of nitrogens with zero attached hydrogens (tertiary/aromatic N) is 2. The van der Waals surface area contributed by atoms with Gasteiger partial charge >= 0.3 is 0 Å². The van der Waals surface area contributed by atoms with Crippen LogP contribution in [0, 0.1) is 19.7 Å². The Bertz CT molecular complexity index is 695. The summed E-state index contributed by atoms with van der Waals surface area (Å²) in [6.45, 7) is 4.96. The third kappa shape index (κ3) is 5.33. The molecule has 1 aromatic carbocycles. The van der Waals surface area contributed by atoms with Crippen molar-refractivity contribution in [2.45, 2.75) is 33.2 Å². The highest BCUT2D eigenvalue weighted by atomic mass is 79.9. The third-order valence-corrected chi connectivity index (χ3v) is 4.13. The van der Waals surface area contributed by atoms with E-state index >= 15 is 0 Å². The first-order valence-corrected chi connectivity index (χ1v) is 8.60. The highest BCUT2D eigenvalue weighted by Gasteiger charge is 2.07. The minimum absolute atomic E-state index is 0.179. The number of benzene rings is 1. The maximum absolute atomic E-state index is 13.7. The highest BCUT2D eigenvalue weighted by molar-refractivity contribution is 9.10. The van der Waals surface area contributed by atoms with E-state index in [0.29, 0.717) is 36.9 Å².